The van der Waals surface area contributed by atoms with Crippen LogP contribution in [-0.4, -0.2) is 30.6 Å². The molecule has 1 aromatic carbocycles. The minimum atomic E-state index is -4.47. The van der Waals surface area contributed by atoms with Crippen LogP contribution in [0, 0.1) is 0 Å². The molecule has 1 fully saturated rings. The van der Waals surface area contributed by atoms with Crippen LogP contribution in [0.25, 0.3) is 22.2 Å². The van der Waals surface area contributed by atoms with Gasteiger partial charge in [-0.15, -0.1) is 0 Å². The number of H-pyrrole nitrogens is 1. The zero-order chi connectivity index (χ0) is 21.8. The van der Waals surface area contributed by atoms with Crippen LogP contribution in [0.5, 0.6) is 0 Å². The molecule has 4 aromatic rings. The Bertz CT molecular complexity index is 1300. The Morgan fingerprint density at radius 3 is 2.68 bits per heavy atom. The number of amides is 1. The van der Waals surface area contributed by atoms with E-state index in [0.29, 0.717) is 22.5 Å². The molecule has 1 amide bonds. The van der Waals surface area contributed by atoms with Crippen LogP contribution in [-0.2, 0) is 13.2 Å². The van der Waals surface area contributed by atoms with E-state index >= 15 is 0 Å². The molecule has 3 aromatic heterocycles. The molecule has 0 radical (unpaired) electrons. The molecule has 1 saturated carbocycles. The van der Waals surface area contributed by atoms with E-state index in [1.807, 2.05) is 0 Å². The number of hydrogen-bond donors (Lipinski definition) is 2. The number of nitrogens with one attached hydrogen (secondary N) is 2. The highest BCUT2D eigenvalue weighted by molar-refractivity contribution is 6.02. The van der Waals surface area contributed by atoms with Crippen molar-refractivity contribution in [2.45, 2.75) is 24.9 Å². The van der Waals surface area contributed by atoms with Gasteiger partial charge in [0.15, 0.2) is 0 Å². The second kappa shape index (κ2) is 6.93. The zero-order valence-corrected chi connectivity index (χ0v) is 16.4. The number of carbonyl (C=O) groups excluding carboxylic acids is 1. The number of aromatic amines is 1. The standard InChI is InChI=1S/C21H17F3N6O/c1-30-19(26-10-27-30)20(31)29-18-8-16-13(9-25-18)7-17(28-16)14-6-12(11-2-3-11)4-5-15(14)21(22,23)24/h4-11,28H,2-3H2,1H3,(H,25,29,31). The van der Waals surface area contributed by atoms with Crippen molar-refractivity contribution in [1.82, 2.24) is 24.7 Å². The first-order chi connectivity index (χ1) is 14.8. The van der Waals surface area contributed by atoms with Crippen LogP contribution in [0.4, 0.5) is 19.0 Å². The lowest BCUT2D eigenvalue weighted by molar-refractivity contribution is -0.137. The molecule has 10 heteroatoms. The predicted octanol–water partition coefficient (Wildman–Crippen LogP) is 4.51. The summed E-state index contributed by atoms with van der Waals surface area (Å²) < 4.78 is 42.2. The van der Waals surface area contributed by atoms with Crippen molar-refractivity contribution in [3.8, 4) is 11.3 Å². The highest BCUT2D eigenvalue weighted by Gasteiger charge is 2.35. The first-order valence-electron chi connectivity index (χ1n) is 9.65. The van der Waals surface area contributed by atoms with Crippen molar-refractivity contribution < 1.29 is 18.0 Å². The molecular weight excluding hydrogens is 409 g/mol. The van der Waals surface area contributed by atoms with Gasteiger partial charge in [0.25, 0.3) is 5.91 Å². The molecule has 158 valence electrons. The first-order valence-corrected chi connectivity index (χ1v) is 9.65. The van der Waals surface area contributed by atoms with E-state index in [4.69, 9.17) is 0 Å². The van der Waals surface area contributed by atoms with Gasteiger partial charge in [-0.25, -0.2) is 14.6 Å². The molecule has 5 rings (SSSR count). The van der Waals surface area contributed by atoms with Crippen molar-refractivity contribution in [2.24, 2.45) is 7.05 Å². The van der Waals surface area contributed by atoms with E-state index < -0.39 is 17.6 Å². The molecule has 0 bridgehead atoms. The molecule has 0 unspecified atom stereocenters. The second-order valence-corrected chi connectivity index (χ2v) is 7.58. The zero-order valence-electron chi connectivity index (χ0n) is 16.4. The van der Waals surface area contributed by atoms with Crippen LogP contribution in [0.15, 0.2) is 42.9 Å². The Morgan fingerprint density at radius 1 is 1.19 bits per heavy atom. The van der Waals surface area contributed by atoms with Crippen molar-refractivity contribution in [1.29, 1.82) is 0 Å². The van der Waals surface area contributed by atoms with Gasteiger partial charge in [0.05, 0.1) is 11.1 Å². The summed E-state index contributed by atoms with van der Waals surface area (Å²) in [6.07, 6.45) is 0.282. The third kappa shape index (κ3) is 3.65. The van der Waals surface area contributed by atoms with Gasteiger partial charge in [-0.1, -0.05) is 6.07 Å². The van der Waals surface area contributed by atoms with E-state index in [0.717, 1.165) is 24.5 Å². The number of carbonyl (C=O) groups is 1. The fourth-order valence-corrected chi connectivity index (χ4v) is 3.62. The molecule has 0 saturated heterocycles. The smallest absolute Gasteiger partial charge is 0.354 e. The van der Waals surface area contributed by atoms with Gasteiger partial charge in [0.2, 0.25) is 5.82 Å². The molecule has 0 spiro atoms. The van der Waals surface area contributed by atoms with E-state index in [2.05, 4.69) is 25.4 Å². The lowest BCUT2D eigenvalue weighted by Gasteiger charge is -2.13. The number of hydrogen-bond acceptors (Lipinski definition) is 4. The number of aromatic nitrogens is 5. The Labute approximate surface area is 174 Å². The quantitative estimate of drug-likeness (QED) is 0.503. The maximum atomic E-state index is 13.6. The maximum Gasteiger partial charge on any atom is 0.417 e. The molecule has 0 atom stereocenters. The number of rotatable bonds is 4. The first kappa shape index (κ1) is 19.3. The molecular formula is C21H17F3N6O. The van der Waals surface area contributed by atoms with Crippen molar-refractivity contribution in [3.05, 3.63) is 59.8 Å². The minimum absolute atomic E-state index is 0.109. The maximum absolute atomic E-state index is 13.6. The van der Waals surface area contributed by atoms with Crippen molar-refractivity contribution in [3.63, 3.8) is 0 Å². The molecule has 1 aliphatic carbocycles. The number of aryl methyl sites for hydroxylation is 1. The minimum Gasteiger partial charge on any atom is -0.354 e. The van der Waals surface area contributed by atoms with Gasteiger partial charge < -0.3 is 10.3 Å². The van der Waals surface area contributed by atoms with Gasteiger partial charge in [-0.05, 0) is 42.5 Å². The predicted molar refractivity (Wildman–Crippen MR) is 107 cm³/mol. The number of nitrogens with zero attached hydrogens (tertiary/aromatic N) is 4. The molecule has 1 aliphatic rings. The SMILES string of the molecule is Cn1ncnc1C(=O)Nc1cc2[nH]c(-c3cc(C4CC4)ccc3C(F)(F)F)cc2cn1. The van der Waals surface area contributed by atoms with Crippen LogP contribution < -0.4 is 5.32 Å². The van der Waals surface area contributed by atoms with Crippen LogP contribution in [0.3, 0.4) is 0 Å². The average molecular weight is 426 g/mol. The van der Waals surface area contributed by atoms with Crippen LogP contribution in [0.1, 0.15) is 40.5 Å². The third-order valence-electron chi connectivity index (χ3n) is 5.35. The summed E-state index contributed by atoms with van der Waals surface area (Å²) in [4.78, 5) is 23.4. The Kier molecular flexibility index (Phi) is 4.31. The van der Waals surface area contributed by atoms with Gasteiger partial charge >= 0.3 is 6.18 Å². The molecule has 2 N–H and O–H groups in total. The summed E-state index contributed by atoms with van der Waals surface area (Å²) in [7, 11) is 1.59. The van der Waals surface area contributed by atoms with Gasteiger partial charge in [0.1, 0.15) is 12.1 Å². The summed E-state index contributed by atoms with van der Waals surface area (Å²) in [6.45, 7) is 0. The molecule has 3 heterocycles. The summed E-state index contributed by atoms with van der Waals surface area (Å²) in [5.41, 5.74) is 1.24. The third-order valence-corrected chi connectivity index (χ3v) is 5.35. The highest BCUT2D eigenvalue weighted by Crippen LogP contribution is 2.44. The summed E-state index contributed by atoms with van der Waals surface area (Å²) in [5, 5.41) is 7.10. The largest absolute Gasteiger partial charge is 0.417 e. The molecule has 31 heavy (non-hydrogen) atoms. The molecule has 0 aliphatic heterocycles. The molecule has 7 nitrogen and oxygen atoms in total. The van der Waals surface area contributed by atoms with Crippen LogP contribution >= 0.6 is 0 Å². The number of alkyl halides is 3. The monoisotopic (exact) mass is 426 g/mol. The normalized spacial score (nSPS) is 14.2. The number of anilines is 1. The van der Waals surface area contributed by atoms with Gasteiger partial charge in [0, 0.05) is 36.0 Å². The summed E-state index contributed by atoms with van der Waals surface area (Å²) >= 11 is 0. The van der Waals surface area contributed by atoms with E-state index in [-0.39, 0.29) is 17.2 Å². The van der Waals surface area contributed by atoms with E-state index in [1.54, 1.807) is 31.3 Å². The Morgan fingerprint density at radius 2 is 2.00 bits per heavy atom. The van der Waals surface area contributed by atoms with Crippen LogP contribution in [0.2, 0.25) is 0 Å². The second-order valence-electron chi connectivity index (χ2n) is 7.58. The number of benzene rings is 1. The summed E-state index contributed by atoms with van der Waals surface area (Å²) in [6, 6.07) is 7.55. The van der Waals surface area contributed by atoms with Gasteiger partial charge in [-0.3, -0.25) is 4.79 Å². The van der Waals surface area contributed by atoms with E-state index in [1.165, 1.54) is 17.2 Å². The Hall–Kier alpha value is -3.69. The lowest BCUT2D eigenvalue weighted by atomic mass is 9.98. The van der Waals surface area contributed by atoms with Gasteiger partial charge in [-0.2, -0.15) is 18.3 Å². The number of halogens is 3. The van der Waals surface area contributed by atoms with Crippen molar-refractivity contribution >= 4 is 22.6 Å². The highest BCUT2D eigenvalue weighted by atomic mass is 19.4. The fraction of sp³-hybridized carbons (Fsp3) is 0.238. The van der Waals surface area contributed by atoms with Crippen molar-refractivity contribution in [2.75, 3.05) is 5.32 Å². The average Bonchev–Trinajstić information content (AvgIpc) is 3.35. The number of fused-ring (bicyclic) bond motifs is 1. The topological polar surface area (TPSA) is 88.5 Å². The fourth-order valence-electron chi connectivity index (χ4n) is 3.62. The summed E-state index contributed by atoms with van der Waals surface area (Å²) in [5.74, 6) is 0.196. The Balaban J connectivity index is 1.51. The van der Waals surface area contributed by atoms with E-state index in [9.17, 15) is 18.0 Å². The lowest BCUT2D eigenvalue weighted by Crippen LogP contribution is -2.18. The number of pyridine rings is 1.